The van der Waals surface area contributed by atoms with Crippen LogP contribution in [0, 0.1) is 0 Å². The van der Waals surface area contributed by atoms with Gasteiger partial charge in [-0.15, -0.1) is 0 Å². The van der Waals surface area contributed by atoms with Gasteiger partial charge < -0.3 is 4.90 Å². The highest BCUT2D eigenvalue weighted by molar-refractivity contribution is 7.99. The highest BCUT2D eigenvalue weighted by Gasteiger charge is 2.26. The second kappa shape index (κ2) is 8.34. The van der Waals surface area contributed by atoms with Gasteiger partial charge in [-0.25, -0.2) is 0 Å². The van der Waals surface area contributed by atoms with Gasteiger partial charge in [0.2, 0.25) is 0 Å². The van der Waals surface area contributed by atoms with Crippen molar-refractivity contribution in [1.29, 1.82) is 0 Å². The Hall–Kier alpha value is 0.230. The first-order chi connectivity index (χ1) is 7.79. The van der Waals surface area contributed by atoms with Crippen molar-refractivity contribution < 1.29 is 0 Å². The van der Waals surface area contributed by atoms with Crippen LogP contribution in [0.3, 0.4) is 0 Å². The fourth-order valence-corrected chi connectivity index (χ4v) is 3.62. The van der Waals surface area contributed by atoms with Gasteiger partial charge in [0, 0.05) is 30.1 Å². The molecule has 0 aliphatic carbocycles. The minimum absolute atomic E-state index is 0.467. The summed E-state index contributed by atoms with van der Waals surface area (Å²) in [4.78, 5) is 2.46. The molecule has 3 nitrogen and oxygen atoms in total. The van der Waals surface area contributed by atoms with E-state index < -0.39 is 0 Å². The van der Waals surface area contributed by atoms with Gasteiger partial charge in [0.25, 0.3) is 0 Å². The summed E-state index contributed by atoms with van der Waals surface area (Å²) in [7, 11) is 2.22. The molecule has 0 spiro atoms. The van der Waals surface area contributed by atoms with Crippen LogP contribution in [0.5, 0.6) is 0 Å². The molecule has 0 aromatic heterocycles. The minimum Gasteiger partial charge on any atom is -0.300 e. The van der Waals surface area contributed by atoms with Crippen LogP contribution in [0.15, 0.2) is 0 Å². The number of hydrogen-bond acceptors (Lipinski definition) is 4. The molecule has 0 radical (unpaired) electrons. The minimum atomic E-state index is 0.467. The highest BCUT2D eigenvalue weighted by atomic mass is 32.2. The summed E-state index contributed by atoms with van der Waals surface area (Å²) in [5.41, 5.74) is 3.02. The summed E-state index contributed by atoms with van der Waals surface area (Å²) in [6, 6.07) is 1.08. The van der Waals surface area contributed by atoms with Crippen molar-refractivity contribution in [3.8, 4) is 0 Å². The Morgan fingerprint density at radius 1 is 1.44 bits per heavy atom. The normalized spacial score (nSPS) is 24.6. The van der Waals surface area contributed by atoms with E-state index in [2.05, 4.69) is 36.1 Å². The molecule has 2 unspecified atom stereocenters. The predicted molar refractivity (Wildman–Crippen MR) is 73.6 cm³/mol. The van der Waals surface area contributed by atoms with Crippen LogP contribution in [0.25, 0.3) is 0 Å². The average Bonchev–Trinajstić information content (AvgIpc) is 2.31. The van der Waals surface area contributed by atoms with E-state index in [1.54, 1.807) is 0 Å². The molecule has 96 valence electrons. The van der Waals surface area contributed by atoms with Gasteiger partial charge in [-0.1, -0.05) is 32.6 Å². The maximum atomic E-state index is 5.69. The summed E-state index contributed by atoms with van der Waals surface area (Å²) in [6.45, 7) is 3.45. The maximum Gasteiger partial charge on any atom is 0.0374 e. The average molecular weight is 245 g/mol. The Balaban J connectivity index is 2.28. The van der Waals surface area contributed by atoms with Crippen molar-refractivity contribution in [3.63, 3.8) is 0 Å². The van der Waals surface area contributed by atoms with E-state index in [1.807, 2.05) is 0 Å². The molecule has 0 bridgehead atoms. The predicted octanol–water partition coefficient (Wildman–Crippen LogP) is 1.84. The smallest absolute Gasteiger partial charge is 0.0374 e. The lowest BCUT2D eigenvalue weighted by atomic mass is 10.0. The SMILES string of the molecule is CCCCCCC(NN)C1CSCCN1C. The number of unbranched alkanes of at least 4 members (excludes halogenated alkanes) is 3. The number of nitrogens with zero attached hydrogens (tertiary/aromatic N) is 1. The van der Waals surface area contributed by atoms with Gasteiger partial charge >= 0.3 is 0 Å². The number of hydrazine groups is 1. The van der Waals surface area contributed by atoms with E-state index in [0.29, 0.717) is 12.1 Å². The fourth-order valence-electron chi connectivity index (χ4n) is 2.31. The lowest BCUT2D eigenvalue weighted by Gasteiger charge is -2.37. The van der Waals surface area contributed by atoms with E-state index in [1.165, 1.54) is 50.2 Å². The van der Waals surface area contributed by atoms with E-state index in [-0.39, 0.29) is 0 Å². The third-order valence-electron chi connectivity index (χ3n) is 3.49. The van der Waals surface area contributed by atoms with Gasteiger partial charge in [-0.2, -0.15) is 11.8 Å². The van der Waals surface area contributed by atoms with Crippen LogP contribution < -0.4 is 11.3 Å². The Bertz CT molecular complexity index is 178. The quantitative estimate of drug-likeness (QED) is 0.408. The Labute approximate surface area is 104 Å². The molecule has 1 rings (SSSR count). The van der Waals surface area contributed by atoms with Gasteiger partial charge in [-0.05, 0) is 13.5 Å². The van der Waals surface area contributed by atoms with Gasteiger partial charge in [-0.3, -0.25) is 11.3 Å². The molecule has 3 N–H and O–H groups in total. The summed E-state index contributed by atoms with van der Waals surface area (Å²) in [5, 5.41) is 0. The third kappa shape index (κ3) is 4.62. The van der Waals surface area contributed by atoms with E-state index >= 15 is 0 Å². The molecule has 1 heterocycles. The van der Waals surface area contributed by atoms with Crippen LogP contribution in [-0.2, 0) is 0 Å². The zero-order valence-electron chi connectivity index (χ0n) is 10.7. The molecular formula is C12H27N3S. The van der Waals surface area contributed by atoms with Crippen molar-refractivity contribution in [3.05, 3.63) is 0 Å². The van der Waals surface area contributed by atoms with E-state index in [0.717, 1.165) is 0 Å². The monoisotopic (exact) mass is 245 g/mol. The van der Waals surface area contributed by atoms with Crippen LogP contribution in [-0.4, -0.2) is 42.1 Å². The molecule has 4 heteroatoms. The topological polar surface area (TPSA) is 41.3 Å². The van der Waals surface area contributed by atoms with Gasteiger partial charge in [0.05, 0.1) is 0 Å². The fraction of sp³-hybridized carbons (Fsp3) is 1.00. The number of thioether (sulfide) groups is 1. The number of rotatable bonds is 7. The summed E-state index contributed by atoms with van der Waals surface area (Å²) in [5.74, 6) is 8.18. The van der Waals surface area contributed by atoms with E-state index in [4.69, 9.17) is 5.84 Å². The molecule has 2 atom stereocenters. The zero-order valence-corrected chi connectivity index (χ0v) is 11.6. The molecular weight excluding hydrogens is 218 g/mol. The van der Waals surface area contributed by atoms with Crippen LogP contribution in [0.4, 0.5) is 0 Å². The van der Waals surface area contributed by atoms with Gasteiger partial charge in [0.15, 0.2) is 0 Å². The van der Waals surface area contributed by atoms with Crippen molar-refractivity contribution in [2.45, 2.75) is 51.1 Å². The second-order valence-electron chi connectivity index (χ2n) is 4.75. The summed E-state index contributed by atoms with van der Waals surface area (Å²) < 4.78 is 0. The van der Waals surface area contributed by atoms with Gasteiger partial charge in [0.1, 0.15) is 0 Å². The molecule has 1 aliphatic heterocycles. The second-order valence-corrected chi connectivity index (χ2v) is 5.90. The molecule has 1 saturated heterocycles. The van der Waals surface area contributed by atoms with Crippen molar-refractivity contribution in [2.24, 2.45) is 5.84 Å². The first-order valence-electron chi connectivity index (χ1n) is 6.53. The molecule has 1 fully saturated rings. The first kappa shape index (κ1) is 14.3. The van der Waals surface area contributed by atoms with Crippen LogP contribution >= 0.6 is 11.8 Å². The van der Waals surface area contributed by atoms with E-state index in [9.17, 15) is 0 Å². The largest absolute Gasteiger partial charge is 0.300 e. The summed E-state index contributed by atoms with van der Waals surface area (Å²) >= 11 is 2.06. The van der Waals surface area contributed by atoms with Crippen molar-refractivity contribution >= 4 is 11.8 Å². The third-order valence-corrected chi connectivity index (χ3v) is 4.54. The lowest BCUT2D eigenvalue weighted by molar-refractivity contribution is 0.206. The number of hydrogen-bond donors (Lipinski definition) is 2. The molecule has 1 aliphatic rings. The molecule has 16 heavy (non-hydrogen) atoms. The standard InChI is InChI=1S/C12H27N3S/c1-3-4-5-6-7-11(14-13)12-10-16-9-8-15(12)2/h11-12,14H,3-10,13H2,1-2H3. The molecule has 0 aromatic carbocycles. The Kier molecular flexibility index (Phi) is 7.45. The zero-order chi connectivity index (χ0) is 11.8. The molecule has 0 amide bonds. The number of nitrogens with one attached hydrogen (secondary N) is 1. The number of nitrogens with two attached hydrogens (primary N) is 1. The van der Waals surface area contributed by atoms with Crippen molar-refractivity contribution in [2.75, 3.05) is 25.1 Å². The molecule has 0 aromatic rings. The lowest BCUT2D eigenvalue weighted by Crippen LogP contribution is -2.54. The summed E-state index contributed by atoms with van der Waals surface area (Å²) in [6.07, 6.45) is 6.52. The highest BCUT2D eigenvalue weighted by Crippen LogP contribution is 2.20. The Morgan fingerprint density at radius 2 is 2.25 bits per heavy atom. The number of likely N-dealkylation sites (N-methyl/N-ethyl adjacent to an activating group) is 1. The van der Waals surface area contributed by atoms with Crippen molar-refractivity contribution in [1.82, 2.24) is 10.3 Å². The Morgan fingerprint density at radius 3 is 2.88 bits per heavy atom. The first-order valence-corrected chi connectivity index (χ1v) is 7.69. The van der Waals surface area contributed by atoms with Crippen LogP contribution in [0.2, 0.25) is 0 Å². The maximum absolute atomic E-state index is 5.69. The molecule has 0 saturated carbocycles. The van der Waals surface area contributed by atoms with Crippen LogP contribution in [0.1, 0.15) is 39.0 Å².